The molecule has 6 heteroatoms. The van der Waals surface area contributed by atoms with Gasteiger partial charge in [0.15, 0.2) is 5.96 Å². The van der Waals surface area contributed by atoms with Gasteiger partial charge in [-0.1, -0.05) is 19.8 Å². The highest BCUT2D eigenvalue weighted by atomic mass is 127. The maximum atomic E-state index is 5.31. The molecule has 0 amide bonds. The van der Waals surface area contributed by atoms with Gasteiger partial charge < -0.3 is 20.3 Å². The van der Waals surface area contributed by atoms with Crippen molar-refractivity contribution >= 4 is 29.9 Å². The SMILES string of the molecule is CN=C(NCC1(C)COC1)NC1CCN(C2CCCC2)CC1.I. The Balaban J connectivity index is 0.00000192. The lowest BCUT2D eigenvalue weighted by atomic mass is 9.89. The molecule has 1 aliphatic carbocycles. The lowest BCUT2D eigenvalue weighted by molar-refractivity contribution is -0.0971. The molecule has 2 N–H and O–H groups in total. The number of rotatable bonds is 4. The van der Waals surface area contributed by atoms with Gasteiger partial charge in [-0.05, 0) is 25.7 Å². The van der Waals surface area contributed by atoms with Crippen LogP contribution in [0.5, 0.6) is 0 Å². The summed E-state index contributed by atoms with van der Waals surface area (Å²) in [5.74, 6) is 0.951. The van der Waals surface area contributed by atoms with E-state index in [4.69, 9.17) is 4.74 Å². The van der Waals surface area contributed by atoms with Gasteiger partial charge in [0.1, 0.15) is 0 Å². The van der Waals surface area contributed by atoms with Crippen molar-refractivity contribution in [2.24, 2.45) is 10.4 Å². The molecule has 2 heterocycles. The first-order valence-corrected chi connectivity index (χ1v) is 8.97. The van der Waals surface area contributed by atoms with Crippen molar-refractivity contribution in [2.75, 3.05) is 39.9 Å². The molecular weight excluding hydrogens is 403 g/mol. The molecule has 0 bridgehead atoms. The Bertz CT molecular complexity index is 386. The van der Waals surface area contributed by atoms with Crippen LogP contribution in [0.3, 0.4) is 0 Å². The van der Waals surface area contributed by atoms with E-state index in [0.717, 1.165) is 31.8 Å². The van der Waals surface area contributed by atoms with Crippen molar-refractivity contribution in [2.45, 2.75) is 57.5 Å². The number of likely N-dealkylation sites (tertiary alicyclic amines) is 1. The Morgan fingerprint density at radius 3 is 2.35 bits per heavy atom. The highest BCUT2D eigenvalue weighted by Crippen LogP contribution is 2.26. The maximum Gasteiger partial charge on any atom is 0.191 e. The topological polar surface area (TPSA) is 48.9 Å². The van der Waals surface area contributed by atoms with Crippen LogP contribution in [0.25, 0.3) is 0 Å². The normalized spacial score (nSPS) is 26.4. The highest BCUT2D eigenvalue weighted by Gasteiger charge is 2.33. The third kappa shape index (κ3) is 5.19. The Morgan fingerprint density at radius 1 is 1.17 bits per heavy atom. The molecule has 2 saturated heterocycles. The minimum absolute atomic E-state index is 0. The van der Waals surface area contributed by atoms with Crippen LogP contribution in [-0.2, 0) is 4.74 Å². The fourth-order valence-electron chi connectivity index (χ4n) is 3.92. The van der Waals surface area contributed by atoms with Crippen molar-refractivity contribution in [1.29, 1.82) is 0 Å². The van der Waals surface area contributed by atoms with Crippen LogP contribution in [-0.4, -0.2) is 62.8 Å². The zero-order valence-electron chi connectivity index (χ0n) is 14.6. The molecule has 1 saturated carbocycles. The van der Waals surface area contributed by atoms with Crippen molar-refractivity contribution in [1.82, 2.24) is 15.5 Å². The van der Waals surface area contributed by atoms with Gasteiger partial charge in [-0.3, -0.25) is 4.99 Å². The highest BCUT2D eigenvalue weighted by molar-refractivity contribution is 14.0. The second-order valence-corrected chi connectivity index (χ2v) is 7.62. The van der Waals surface area contributed by atoms with Gasteiger partial charge in [-0.2, -0.15) is 0 Å². The Kier molecular flexibility index (Phi) is 7.41. The van der Waals surface area contributed by atoms with Crippen LogP contribution in [0.1, 0.15) is 45.4 Å². The molecule has 134 valence electrons. The molecule has 0 spiro atoms. The Morgan fingerprint density at radius 2 is 1.83 bits per heavy atom. The van der Waals surface area contributed by atoms with E-state index in [9.17, 15) is 0 Å². The van der Waals surface area contributed by atoms with Crippen LogP contribution in [0.15, 0.2) is 4.99 Å². The van der Waals surface area contributed by atoms with Crippen LogP contribution >= 0.6 is 24.0 Å². The van der Waals surface area contributed by atoms with E-state index in [1.807, 2.05) is 7.05 Å². The summed E-state index contributed by atoms with van der Waals surface area (Å²) in [6.45, 7) is 7.40. The van der Waals surface area contributed by atoms with Crippen molar-refractivity contribution in [3.05, 3.63) is 0 Å². The van der Waals surface area contributed by atoms with Crippen LogP contribution < -0.4 is 10.6 Å². The molecule has 3 rings (SSSR count). The van der Waals surface area contributed by atoms with Gasteiger partial charge in [-0.15, -0.1) is 24.0 Å². The average molecular weight is 436 g/mol. The molecule has 0 radical (unpaired) electrons. The van der Waals surface area contributed by atoms with E-state index in [-0.39, 0.29) is 29.4 Å². The fraction of sp³-hybridized carbons (Fsp3) is 0.941. The number of nitrogens with one attached hydrogen (secondary N) is 2. The molecule has 0 atom stereocenters. The zero-order valence-corrected chi connectivity index (χ0v) is 17.0. The molecule has 23 heavy (non-hydrogen) atoms. The lowest BCUT2D eigenvalue weighted by Crippen LogP contribution is -2.54. The number of hydrogen-bond acceptors (Lipinski definition) is 3. The van der Waals surface area contributed by atoms with E-state index in [2.05, 4.69) is 27.4 Å². The Hall–Kier alpha value is -0.0800. The third-order valence-corrected chi connectivity index (χ3v) is 5.52. The largest absolute Gasteiger partial charge is 0.380 e. The Labute approximate surface area is 158 Å². The predicted octanol–water partition coefficient (Wildman–Crippen LogP) is 2.21. The second kappa shape index (κ2) is 8.85. The molecule has 5 nitrogen and oxygen atoms in total. The van der Waals surface area contributed by atoms with Crippen LogP contribution in [0, 0.1) is 5.41 Å². The first-order chi connectivity index (χ1) is 10.7. The van der Waals surface area contributed by atoms with E-state index in [1.54, 1.807) is 0 Å². The van der Waals surface area contributed by atoms with Crippen molar-refractivity contribution < 1.29 is 4.74 Å². The van der Waals surface area contributed by atoms with E-state index < -0.39 is 0 Å². The van der Waals surface area contributed by atoms with E-state index in [1.165, 1.54) is 51.6 Å². The predicted molar refractivity (Wildman–Crippen MR) is 106 cm³/mol. The summed E-state index contributed by atoms with van der Waals surface area (Å²) in [7, 11) is 1.86. The van der Waals surface area contributed by atoms with Gasteiger partial charge in [0, 0.05) is 44.2 Å². The van der Waals surface area contributed by atoms with Gasteiger partial charge in [-0.25, -0.2) is 0 Å². The second-order valence-electron chi connectivity index (χ2n) is 7.62. The number of aliphatic imine (C=N–C) groups is 1. The summed E-state index contributed by atoms with van der Waals surface area (Å²) in [4.78, 5) is 7.10. The van der Waals surface area contributed by atoms with Crippen LogP contribution in [0.2, 0.25) is 0 Å². The summed E-state index contributed by atoms with van der Waals surface area (Å²) in [6, 6.07) is 1.44. The number of guanidine groups is 1. The minimum atomic E-state index is 0. The number of halogens is 1. The molecule has 2 aliphatic heterocycles. The zero-order chi connectivity index (χ0) is 15.4. The quantitative estimate of drug-likeness (QED) is 0.403. The van der Waals surface area contributed by atoms with Crippen molar-refractivity contribution in [3.8, 4) is 0 Å². The first kappa shape index (κ1) is 19.2. The number of piperidine rings is 1. The van der Waals surface area contributed by atoms with Crippen molar-refractivity contribution in [3.63, 3.8) is 0 Å². The maximum absolute atomic E-state index is 5.31. The molecule has 0 unspecified atom stereocenters. The third-order valence-electron chi connectivity index (χ3n) is 5.52. The van der Waals surface area contributed by atoms with Gasteiger partial charge >= 0.3 is 0 Å². The molecule has 3 aliphatic rings. The van der Waals surface area contributed by atoms with Gasteiger partial charge in [0.2, 0.25) is 0 Å². The standard InChI is InChI=1S/C17H32N4O.HI/c1-17(12-22-13-17)11-19-16(18-2)20-14-7-9-21(10-8-14)15-5-3-4-6-15;/h14-15H,3-13H2,1-2H3,(H2,18,19,20);1H. The van der Waals surface area contributed by atoms with E-state index in [0.29, 0.717) is 6.04 Å². The average Bonchev–Trinajstić information content (AvgIpc) is 3.04. The summed E-state index contributed by atoms with van der Waals surface area (Å²) in [5.41, 5.74) is 0.281. The fourth-order valence-corrected chi connectivity index (χ4v) is 3.92. The summed E-state index contributed by atoms with van der Waals surface area (Å²) >= 11 is 0. The van der Waals surface area contributed by atoms with Crippen LogP contribution in [0.4, 0.5) is 0 Å². The number of hydrogen-bond donors (Lipinski definition) is 2. The first-order valence-electron chi connectivity index (χ1n) is 8.97. The van der Waals surface area contributed by atoms with E-state index >= 15 is 0 Å². The molecule has 0 aromatic heterocycles. The summed E-state index contributed by atoms with van der Waals surface area (Å²) < 4.78 is 5.31. The van der Waals surface area contributed by atoms with Gasteiger partial charge in [0.05, 0.1) is 13.2 Å². The monoisotopic (exact) mass is 436 g/mol. The molecule has 0 aromatic carbocycles. The minimum Gasteiger partial charge on any atom is -0.380 e. The smallest absolute Gasteiger partial charge is 0.191 e. The summed E-state index contributed by atoms with van der Waals surface area (Å²) in [6.07, 6.45) is 8.17. The molecular formula is C17H33IN4O. The lowest BCUT2D eigenvalue weighted by Gasteiger charge is -2.39. The number of ether oxygens (including phenoxy) is 1. The summed E-state index contributed by atoms with van der Waals surface area (Å²) in [5, 5.41) is 7.08. The van der Waals surface area contributed by atoms with Gasteiger partial charge in [0.25, 0.3) is 0 Å². The molecule has 0 aromatic rings. The number of nitrogens with zero attached hydrogens (tertiary/aromatic N) is 2. The molecule has 3 fully saturated rings.